The number of nitrogens with zero attached hydrogens (tertiary/aromatic N) is 2. The molecule has 0 atom stereocenters. The largest absolute Gasteiger partial charge is 0.383 e. The molecule has 0 saturated carbocycles. The Labute approximate surface area is 105 Å². The zero-order valence-electron chi connectivity index (χ0n) is 10.2. The topological polar surface area (TPSA) is 39.1 Å². The second-order valence-electron chi connectivity index (χ2n) is 3.80. The molecule has 0 aliphatic heterocycles. The Hall–Kier alpha value is -0.390. The van der Waals surface area contributed by atoms with Crippen LogP contribution in [0.3, 0.4) is 0 Å². The Morgan fingerprint density at radius 3 is 2.69 bits per heavy atom. The Kier molecular flexibility index (Phi) is 6.01. The van der Waals surface area contributed by atoms with Gasteiger partial charge in [-0.1, -0.05) is 0 Å². The Balaban J connectivity index is 2.24. The summed E-state index contributed by atoms with van der Waals surface area (Å²) in [5, 5.41) is 7.78. The van der Waals surface area contributed by atoms with Gasteiger partial charge in [0.2, 0.25) is 0 Å². The van der Waals surface area contributed by atoms with Crippen LogP contribution < -0.4 is 5.32 Å². The van der Waals surface area contributed by atoms with Gasteiger partial charge in [-0.3, -0.25) is 4.68 Å². The normalized spacial score (nSPS) is 11.0. The first-order valence-corrected chi connectivity index (χ1v) is 6.35. The van der Waals surface area contributed by atoms with Crippen LogP contribution in [0.2, 0.25) is 0 Å². The summed E-state index contributed by atoms with van der Waals surface area (Å²) >= 11 is 3.53. The molecular formula is C11H20BrN3O. The summed E-state index contributed by atoms with van der Waals surface area (Å²) in [5.74, 6) is 0. The van der Waals surface area contributed by atoms with E-state index in [4.69, 9.17) is 4.74 Å². The predicted molar refractivity (Wildman–Crippen MR) is 68.8 cm³/mol. The van der Waals surface area contributed by atoms with E-state index in [0.717, 1.165) is 42.8 Å². The van der Waals surface area contributed by atoms with E-state index in [1.807, 2.05) is 6.92 Å². The zero-order valence-corrected chi connectivity index (χ0v) is 11.8. The van der Waals surface area contributed by atoms with Gasteiger partial charge < -0.3 is 10.1 Å². The van der Waals surface area contributed by atoms with Crippen molar-refractivity contribution in [1.82, 2.24) is 15.1 Å². The Bertz CT molecular complexity index is 325. The van der Waals surface area contributed by atoms with Gasteiger partial charge in [0.1, 0.15) is 0 Å². The first kappa shape index (κ1) is 13.7. The van der Waals surface area contributed by atoms with E-state index in [-0.39, 0.29) is 0 Å². The molecule has 92 valence electrons. The van der Waals surface area contributed by atoms with Crippen molar-refractivity contribution in [3.05, 3.63) is 15.9 Å². The SMILES string of the molecule is COCCNCCCn1nc(C)c(Br)c1C. The maximum atomic E-state index is 4.96. The van der Waals surface area contributed by atoms with E-state index >= 15 is 0 Å². The van der Waals surface area contributed by atoms with Gasteiger partial charge in [-0.15, -0.1) is 0 Å². The fraction of sp³-hybridized carbons (Fsp3) is 0.727. The summed E-state index contributed by atoms with van der Waals surface area (Å²) < 4.78 is 8.14. The molecule has 1 rings (SSSR count). The second-order valence-corrected chi connectivity index (χ2v) is 4.60. The molecule has 0 aromatic carbocycles. The van der Waals surface area contributed by atoms with Crippen LogP contribution in [0.5, 0.6) is 0 Å². The molecule has 0 aliphatic carbocycles. The molecular weight excluding hydrogens is 270 g/mol. The molecule has 5 heteroatoms. The number of hydrogen-bond acceptors (Lipinski definition) is 3. The van der Waals surface area contributed by atoms with Gasteiger partial charge in [0, 0.05) is 25.9 Å². The van der Waals surface area contributed by atoms with Crippen LogP contribution >= 0.6 is 15.9 Å². The van der Waals surface area contributed by atoms with Gasteiger partial charge in [0.05, 0.1) is 16.8 Å². The molecule has 0 radical (unpaired) electrons. The summed E-state index contributed by atoms with van der Waals surface area (Å²) in [4.78, 5) is 0. The molecule has 0 unspecified atom stereocenters. The van der Waals surface area contributed by atoms with Crippen molar-refractivity contribution in [1.29, 1.82) is 0 Å². The van der Waals surface area contributed by atoms with Crippen LogP contribution in [0.1, 0.15) is 17.8 Å². The first-order valence-electron chi connectivity index (χ1n) is 5.56. The van der Waals surface area contributed by atoms with E-state index in [9.17, 15) is 0 Å². The van der Waals surface area contributed by atoms with Gasteiger partial charge in [-0.2, -0.15) is 5.10 Å². The summed E-state index contributed by atoms with van der Waals surface area (Å²) in [5.41, 5.74) is 2.26. The molecule has 1 heterocycles. The number of nitrogens with one attached hydrogen (secondary N) is 1. The molecule has 0 amide bonds. The number of rotatable bonds is 7. The van der Waals surface area contributed by atoms with Crippen molar-refractivity contribution >= 4 is 15.9 Å². The zero-order chi connectivity index (χ0) is 12.0. The maximum absolute atomic E-state index is 4.96. The first-order chi connectivity index (χ1) is 7.66. The van der Waals surface area contributed by atoms with Gasteiger partial charge in [-0.05, 0) is 42.7 Å². The minimum Gasteiger partial charge on any atom is -0.383 e. The summed E-state index contributed by atoms with van der Waals surface area (Å²) in [6.45, 7) is 7.74. The van der Waals surface area contributed by atoms with E-state index in [1.165, 1.54) is 5.69 Å². The minimum absolute atomic E-state index is 0.769. The lowest BCUT2D eigenvalue weighted by Crippen LogP contribution is -2.21. The third kappa shape index (κ3) is 3.88. The molecule has 0 spiro atoms. The highest BCUT2D eigenvalue weighted by Crippen LogP contribution is 2.19. The van der Waals surface area contributed by atoms with E-state index in [2.05, 4.69) is 38.0 Å². The van der Waals surface area contributed by atoms with Crippen molar-refractivity contribution < 1.29 is 4.74 Å². The molecule has 16 heavy (non-hydrogen) atoms. The molecule has 1 N–H and O–H groups in total. The van der Waals surface area contributed by atoms with Gasteiger partial charge in [0.25, 0.3) is 0 Å². The summed E-state index contributed by atoms with van der Waals surface area (Å²) in [6, 6.07) is 0. The van der Waals surface area contributed by atoms with Crippen LogP contribution in [0.25, 0.3) is 0 Å². The molecule has 4 nitrogen and oxygen atoms in total. The number of aryl methyl sites for hydroxylation is 2. The average Bonchev–Trinajstić information content (AvgIpc) is 2.51. The summed E-state index contributed by atoms with van der Waals surface area (Å²) in [7, 11) is 1.72. The number of methoxy groups -OCH3 is 1. The molecule has 0 saturated heterocycles. The van der Waals surface area contributed by atoms with Crippen LogP contribution in [0.15, 0.2) is 4.47 Å². The number of halogens is 1. The lowest BCUT2D eigenvalue weighted by molar-refractivity contribution is 0.199. The molecule has 0 fully saturated rings. The van der Waals surface area contributed by atoms with Crippen LogP contribution in [-0.4, -0.2) is 36.6 Å². The standard InChI is InChI=1S/C11H20BrN3O/c1-9-11(12)10(2)15(14-9)7-4-5-13-6-8-16-3/h13H,4-8H2,1-3H3. The van der Waals surface area contributed by atoms with E-state index in [1.54, 1.807) is 7.11 Å². The monoisotopic (exact) mass is 289 g/mol. The molecule has 0 aliphatic rings. The lowest BCUT2D eigenvalue weighted by Gasteiger charge is -2.05. The van der Waals surface area contributed by atoms with Gasteiger partial charge in [-0.25, -0.2) is 0 Å². The van der Waals surface area contributed by atoms with Gasteiger partial charge in [0.15, 0.2) is 0 Å². The third-order valence-electron chi connectivity index (χ3n) is 2.50. The minimum atomic E-state index is 0.769. The fourth-order valence-corrected chi connectivity index (χ4v) is 1.83. The van der Waals surface area contributed by atoms with Crippen molar-refractivity contribution in [2.24, 2.45) is 0 Å². The van der Waals surface area contributed by atoms with Crippen molar-refractivity contribution in [3.63, 3.8) is 0 Å². The van der Waals surface area contributed by atoms with Crippen LogP contribution in [-0.2, 0) is 11.3 Å². The summed E-state index contributed by atoms with van der Waals surface area (Å²) in [6.07, 6.45) is 1.08. The van der Waals surface area contributed by atoms with Crippen molar-refractivity contribution in [3.8, 4) is 0 Å². The quantitative estimate of drug-likeness (QED) is 0.779. The van der Waals surface area contributed by atoms with E-state index in [0.29, 0.717) is 0 Å². The number of ether oxygens (including phenoxy) is 1. The molecule has 0 bridgehead atoms. The second kappa shape index (κ2) is 7.04. The maximum Gasteiger partial charge on any atom is 0.0738 e. The van der Waals surface area contributed by atoms with Crippen LogP contribution in [0.4, 0.5) is 0 Å². The fourth-order valence-electron chi connectivity index (χ4n) is 1.55. The van der Waals surface area contributed by atoms with E-state index < -0.39 is 0 Å². The van der Waals surface area contributed by atoms with Crippen molar-refractivity contribution in [2.45, 2.75) is 26.8 Å². The van der Waals surface area contributed by atoms with Crippen molar-refractivity contribution in [2.75, 3.05) is 26.8 Å². The lowest BCUT2D eigenvalue weighted by atomic mass is 10.4. The predicted octanol–water partition coefficient (Wildman–Crippen LogP) is 1.89. The van der Waals surface area contributed by atoms with Gasteiger partial charge >= 0.3 is 0 Å². The Morgan fingerprint density at radius 2 is 2.12 bits per heavy atom. The number of aromatic nitrogens is 2. The van der Waals surface area contributed by atoms with Crippen LogP contribution in [0, 0.1) is 13.8 Å². The smallest absolute Gasteiger partial charge is 0.0738 e. The molecule has 1 aromatic rings. The third-order valence-corrected chi connectivity index (χ3v) is 3.65. The molecule has 1 aromatic heterocycles. The highest BCUT2D eigenvalue weighted by molar-refractivity contribution is 9.10. The average molecular weight is 290 g/mol. The number of hydrogen-bond donors (Lipinski definition) is 1. The highest BCUT2D eigenvalue weighted by Gasteiger charge is 2.07. The highest BCUT2D eigenvalue weighted by atomic mass is 79.9. The Morgan fingerprint density at radius 1 is 1.38 bits per heavy atom.